The van der Waals surface area contributed by atoms with Gasteiger partial charge in [-0.1, -0.05) is 12.8 Å². The third-order valence-corrected chi connectivity index (χ3v) is 5.29. The fourth-order valence-corrected chi connectivity index (χ4v) is 4.28. The minimum atomic E-state index is 0.104. The molecular weight excluding hydrogens is 254 g/mol. The molecule has 0 unspecified atom stereocenters. The van der Waals surface area contributed by atoms with E-state index in [9.17, 15) is 4.79 Å². The predicted molar refractivity (Wildman–Crippen MR) is 76.4 cm³/mol. The highest BCUT2D eigenvalue weighted by atomic mass is 16.5. The number of nitrogens with one attached hydrogen (secondary N) is 1. The van der Waals surface area contributed by atoms with Gasteiger partial charge in [0.1, 0.15) is 0 Å². The van der Waals surface area contributed by atoms with Crippen LogP contribution in [-0.4, -0.2) is 37.4 Å². The van der Waals surface area contributed by atoms with Gasteiger partial charge in [-0.05, 0) is 38.0 Å². The zero-order valence-electron chi connectivity index (χ0n) is 12.5. The molecule has 3 rings (SSSR count). The smallest absolute Gasteiger partial charge is 0.217 e. The van der Waals surface area contributed by atoms with Crippen molar-refractivity contribution in [3.05, 3.63) is 0 Å². The van der Waals surface area contributed by atoms with E-state index in [1.807, 2.05) is 0 Å². The van der Waals surface area contributed by atoms with Gasteiger partial charge in [0.25, 0.3) is 0 Å². The van der Waals surface area contributed by atoms with Crippen molar-refractivity contribution >= 4 is 5.91 Å². The first-order valence-corrected chi connectivity index (χ1v) is 8.24. The van der Waals surface area contributed by atoms with Crippen LogP contribution in [-0.2, 0) is 14.3 Å². The van der Waals surface area contributed by atoms with Crippen molar-refractivity contribution < 1.29 is 14.3 Å². The molecule has 0 aromatic rings. The third kappa shape index (κ3) is 3.17. The Morgan fingerprint density at radius 3 is 2.55 bits per heavy atom. The van der Waals surface area contributed by atoms with Gasteiger partial charge in [0.05, 0.1) is 12.2 Å². The Morgan fingerprint density at radius 2 is 1.80 bits per heavy atom. The lowest BCUT2D eigenvalue weighted by Gasteiger charge is -2.47. The zero-order valence-corrected chi connectivity index (χ0v) is 12.5. The second kappa shape index (κ2) is 6.44. The van der Waals surface area contributed by atoms with Crippen LogP contribution in [0.4, 0.5) is 0 Å². The molecule has 4 atom stereocenters. The Balaban J connectivity index is 1.68. The Labute approximate surface area is 121 Å². The molecule has 2 aliphatic heterocycles. The van der Waals surface area contributed by atoms with Gasteiger partial charge in [-0.3, -0.25) is 4.79 Å². The third-order valence-electron chi connectivity index (χ3n) is 5.29. The number of amides is 1. The van der Waals surface area contributed by atoms with Crippen LogP contribution in [0.3, 0.4) is 0 Å². The van der Waals surface area contributed by atoms with Gasteiger partial charge >= 0.3 is 0 Å². The van der Waals surface area contributed by atoms with Crippen LogP contribution in [0.2, 0.25) is 0 Å². The average Bonchev–Trinajstić information content (AvgIpc) is 2.47. The maximum absolute atomic E-state index is 11.5. The number of rotatable bonds is 2. The van der Waals surface area contributed by atoms with E-state index in [-0.39, 0.29) is 5.91 Å². The lowest BCUT2D eigenvalue weighted by Crippen LogP contribution is -2.54. The van der Waals surface area contributed by atoms with E-state index < -0.39 is 0 Å². The largest absolute Gasteiger partial charge is 0.381 e. The second-order valence-electron chi connectivity index (χ2n) is 6.65. The van der Waals surface area contributed by atoms with Gasteiger partial charge in [-0.15, -0.1) is 0 Å². The Hall–Kier alpha value is -0.610. The molecule has 20 heavy (non-hydrogen) atoms. The van der Waals surface area contributed by atoms with Crippen molar-refractivity contribution in [3.63, 3.8) is 0 Å². The van der Waals surface area contributed by atoms with Crippen molar-refractivity contribution in [1.29, 1.82) is 0 Å². The number of carbonyl (C=O) groups excluding carboxylic acids is 1. The fraction of sp³-hybridized carbons (Fsp3) is 0.938. The lowest BCUT2D eigenvalue weighted by atomic mass is 9.75. The summed E-state index contributed by atoms with van der Waals surface area (Å²) in [4.78, 5) is 11.5. The van der Waals surface area contributed by atoms with Crippen molar-refractivity contribution in [2.24, 2.45) is 11.8 Å². The van der Waals surface area contributed by atoms with Crippen molar-refractivity contribution in [1.82, 2.24) is 5.32 Å². The van der Waals surface area contributed by atoms with Crippen LogP contribution < -0.4 is 5.32 Å². The fourth-order valence-electron chi connectivity index (χ4n) is 4.28. The normalized spacial score (nSPS) is 39.0. The standard InChI is InChI=1S/C16H27NO3/c1-11(18)17-14-10-16(12-6-8-19-9-7-12)20-15-5-3-2-4-13(14)15/h12-16H,2-10H2,1H3,(H,17,18)/t13-,14+,15+,16+/m0/s1. The predicted octanol–water partition coefficient (Wildman–Crippen LogP) is 2.27. The molecule has 2 heterocycles. The SMILES string of the molecule is CC(=O)N[C@@H]1C[C@H](C2CCOCC2)O[C@@H]2CCCC[C@@H]12. The molecule has 2 saturated heterocycles. The molecule has 3 aliphatic rings. The molecule has 0 aromatic carbocycles. The van der Waals surface area contributed by atoms with Gasteiger partial charge in [-0.25, -0.2) is 0 Å². The van der Waals surface area contributed by atoms with Gasteiger partial charge in [0.15, 0.2) is 0 Å². The quantitative estimate of drug-likeness (QED) is 0.844. The van der Waals surface area contributed by atoms with Crippen LogP contribution in [0.25, 0.3) is 0 Å². The molecule has 1 aliphatic carbocycles. The molecule has 1 saturated carbocycles. The van der Waals surface area contributed by atoms with E-state index in [4.69, 9.17) is 9.47 Å². The number of ether oxygens (including phenoxy) is 2. The number of carbonyl (C=O) groups is 1. The van der Waals surface area contributed by atoms with Gasteiger partial charge in [0, 0.05) is 32.1 Å². The number of fused-ring (bicyclic) bond motifs is 1. The summed E-state index contributed by atoms with van der Waals surface area (Å²) in [6.45, 7) is 3.36. The van der Waals surface area contributed by atoms with E-state index in [0.717, 1.165) is 32.5 Å². The van der Waals surface area contributed by atoms with Crippen LogP contribution in [0.5, 0.6) is 0 Å². The lowest BCUT2D eigenvalue weighted by molar-refractivity contribution is -0.148. The van der Waals surface area contributed by atoms with E-state index in [2.05, 4.69) is 5.32 Å². The van der Waals surface area contributed by atoms with Crippen LogP contribution >= 0.6 is 0 Å². The molecule has 0 bridgehead atoms. The van der Waals surface area contributed by atoms with Crippen molar-refractivity contribution in [2.75, 3.05) is 13.2 Å². The number of hydrogen-bond acceptors (Lipinski definition) is 3. The summed E-state index contributed by atoms with van der Waals surface area (Å²) in [5.74, 6) is 1.25. The maximum atomic E-state index is 11.5. The summed E-state index contributed by atoms with van der Waals surface area (Å²) in [6.07, 6.45) is 8.81. The highest BCUT2D eigenvalue weighted by Gasteiger charge is 2.42. The van der Waals surface area contributed by atoms with Crippen LogP contribution in [0.15, 0.2) is 0 Å². The Morgan fingerprint density at radius 1 is 1.05 bits per heavy atom. The highest BCUT2D eigenvalue weighted by Crippen LogP contribution is 2.39. The average molecular weight is 281 g/mol. The van der Waals surface area contributed by atoms with E-state index in [1.54, 1.807) is 6.92 Å². The Kier molecular flexibility index (Phi) is 4.61. The zero-order chi connectivity index (χ0) is 13.9. The summed E-state index contributed by atoms with van der Waals surface area (Å²) < 4.78 is 11.9. The van der Waals surface area contributed by atoms with Crippen LogP contribution in [0, 0.1) is 11.8 Å². The molecule has 3 fully saturated rings. The van der Waals surface area contributed by atoms with Crippen LogP contribution in [0.1, 0.15) is 51.9 Å². The molecule has 114 valence electrons. The minimum Gasteiger partial charge on any atom is -0.381 e. The monoisotopic (exact) mass is 281 g/mol. The first kappa shape index (κ1) is 14.3. The molecular formula is C16H27NO3. The Bertz CT molecular complexity index is 341. The molecule has 0 aromatic heterocycles. The molecule has 1 amide bonds. The summed E-state index contributed by atoms with van der Waals surface area (Å²) in [5, 5.41) is 3.20. The number of hydrogen-bond donors (Lipinski definition) is 1. The van der Waals surface area contributed by atoms with Gasteiger partial charge in [0.2, 0.25) is 5.91 Å². The molecule has 0 spiro atoms. The summed E-state index contributed by atoms with van der Waals surface area (Å²) in [7, 11) is 0. The molecule has 1 N–H and O–H groups in total. The first-order chi connectivity index (χ1) is 9.74. The van der Waals surface area contributed by atoms with Gasteiger partial charge in [-0.2, -0.15) is 0 Å². The maximum Gasteiger partial charge on any atom is 0.217 e. The van der Waals surface area contributed by atoms with Gasteiger partial charge < -0.3 is 14.8 Å². The van der Waals surface area contributed by atoms with E-state index >= 15 is 0 Å². The van der Waals surface area contributed by atoms with E-state index in [1.165, 1.54) is 25.7 Å². The molecule has 4 nitrogen and oxygen atoms in total. The molecule has 4 heteroatoms. The minimum absolute atomic E-state index is 0.104. The van der Waals surface area contributed by atoms with E-state index in [0.29, 0.717) is 30.1 Å². The summed E-state index contributed by atoms with van der Waals surface area (Å²) in [6, 6.07) is 0.319. The topological polar surface area (TPSA) is 47.6 Å². The summed E-state index contributed by atoms with van der Waals surface area (Å²) >= 11 is 0. The highest BCUT2D eigenvalue weighted by molar-refractivity contribution is 5.73. The first-order valence-electron chi connectivity index (χ1n) is 8.24. The van der Waals surface area contributed by atoms with Crippen molar-refractivity contribution in [3.8, 4) is 0 Å². The second-order valence-corrected chi connectivity index (χ2v) is 6.65. The van der Waals surface area contributed by atoms with Crippen molar-refractivity contribution in [2.45, 2.75) is 70.1 Å². The summed E-state index contributed by atoms with van der Waals surface area (Å²) in [5.41, 5.74) is 0. The molecule has 0 radical (unpaired) electrons.